The zero-order valence-electron chi connectivity index (χ0n) is 12.4. The molecular formula is C20H18O. The van der Waals surface area contributed by atoms with Crippen LogP contribution >= 0.6 is 0 Å². The quantitative estimate of drug-likeness (QED) is 0.698. The van der Waals surface area contributed by atoms with Crippen molar-refractivity contribution in [2.45, 2.75) is 26.2 Å². The van der Waals surface area contributed by atoms with E-state index in [1.807, 2.05) is 0 Å². The molecule has 0 aromatic heterocycles. The third-order valence-corrected chi connectivity index (χ3v) is 4.33. The predicted octanol–water partition coefficient (Wildman–Crippen LogP) is 5.15. The topological polar surface area (TPSA) is 9.23 Å². The van der Waals surface area contributed by atoms with Crippen molar-refractivity contribution in [3.63, 3.8) is 0 Å². The fourth-order valence-corrected chi connectivity index (χ4v) is 3.30. The van der Waals surface area contributed by atoms with Crippen molar-refractivity contribution in [2.24, 2.45) is 0 Å². The molecule has 1 aliphatic carbocycles. The first kappa shape index (κ1) is 12.5. The number of allylic oxidation sites excluding steroid dienone is 4. The van der Waals surface area contributed by atoms with Gasteiger partial charge in [0.15, 0.2) is 0 Å². The molecule has 0 fully saturated rings. The van der Waals surface area contributed by atoms with Crippen molar-refractivity contribution in [2.75, 3.05) is 0 Å². The Balaban J connectivity index is 1.86. The first-order valence-corrected chi connectivity index (χ1v) is 7.48. The zero-order valence-corrected chi connectivity index (χ0v) is 12.4. The molecule has 0 saturated heterocycles. The third kappa shape index (κ3) is 2.01. The molecule has 1 nitrogen and oxygen atoms in total. The summed E-state index contributed by atoms with van der Waals surface area (Å²) in [5.74, 6) is 2.51. The number of fused-ring (bicyclic) bond motifs is 3. The molecule has 2 aromatic rings. The summed E-state index contributed by atoms with van der Waals surface area (Å²) in [6, 6.07) is 15.1. The van der Waals surface area contributed by atoms with E-state index in [1.54, 1.807) is 0 Å². The van der Waals surface area contributed by atoms with Crippen LogP contribution < -0.4 is 4.74 Å². The summed E-state index contributed by atoms with van der Waals surface area (Å²) in [5, 5.41) is 0. The lowest BCUT2D eigenvalue weighted by Gasteiger charge is -2.18. The number of rotatable bonds is 1. The Hall–Kier alpha value is -2.28. The van der Waals surface area contributed by atoms with Crippen LogP contribution in [0.25, 0.3) is 5.57 Å². The van der Waals surface area contributed by atoms with E-state index in [0.717, 1.165) is 17.9 Å². The van der Waals surface area contributed by atoms with Gasteiger partial charge in [-0.15, -0.1) is 0 Å². The van der Waals surface area contributed by atoms with Crippen LogP contribution in [0.15, 0.2) is 60.4 Å². The highest BCUT2D eigenvalue weighted by molar-refractivity contribution is 5.80. The van der Waals surface area contributed by atoms with E-state index in [0.29, 0.717) is 5.92 Å². The standard InChI is InChI=1S/C20H18O/c1-13-5-3-6-15(11-13)16-7-4-8-17-18-12-14(2)9-10-19(18)21-20(16)17/h3-7,9-12,17H,8H2,1-2H3. The van der Waals surface area contributed by atoms with E-state index in [1.165, 1.54) is 27.8 Å². The summed E-state index contributed by atoms with van der Waals surface area (Å²) in [7, 11) is 0. The molecule has 0 N–H and O–H groups in total. The average Bonchev–Trinajstić information content (AvgIpc) is 2.85. The van der Waals surface area contributed by atoms with Gasteiger partial charge in [-0.05, 0) is 31.9 Å². The average molecular weight is 274 g/mol. The molecule has 1 aliphatic heterocycles. The Morgan fingerprint density at radius 1 is 1.00 bits per heavy atom. The summed E-state index contributed by atoms with van der Waals surface area (Å²) in [5.41, 5.74) is 6.38. The Morgan fingerprint density at radius 2 is 1.86 bits per heavy atom. The van der Waals surface area contributed by atoms with Crippen LogP contribution in [0, 0.1) is 13.8 Å². The normalized spacial score (nSPS) is 19.2. The van der Waals surface area contributed by atoms with Crippen LogP contribution in [-0.2, 0) is 0 Å². The molecule has 0 amide bonds. The third-order valence-electron chi connectivity index (χ3n) is 4.33. The first-order valence-electron chi connectivity index (χ1n) is 7.48. The maximum atomic E-state index is 6.20. The number of hydrogen-bond acceptors (Lipinski definition) is 1. The molecule has 0 bridgehead atoms. The van der Waals surface area contributed by atoms with Gasteiger partial charge in [0.05, 0.1) is 0 Å². The van der Waals surface area contributed by atoms with Gasteiger partial charge in [0, 0.05) is 17.1 Å². The van der Waals surface area contributed by atoms with Gasteiger partial charge in [0.2, 0.25) is 0 Å². The van der Waals surface area contributed by atoms with Gasteiger partial charge in [0.25, 0.3) is 0 Å². The van der Waals surface area contributed by atoms with E-state index in [4.69, 9.17) is 4.74 Å². The first-order chi connectivity index (χ1) is 10.2. The van der Waals surface area contributed by atoms with Crippen LogP contribution in [0.1, 0.15) is 34.6 Å². The highest BCUT2D eigenvalue weighted by atomic mass is 16.5. The molecule has 0 spiro atoms. The summed E-state index contributed by atoms with van der Waals surface area (Å²) in [6.07, 6.45) is 5.51. The minimum atomic E-state index is 0.375. The lowest BCUT2D eigenvalue weighted by Crippen LogP contribution is -2.05. The van der Waals surface area contributed by atoms with Gasteiger partial charge in [-0.3, -0.25) is 0 Å². The molecule has 2 aromatic carbocycles. The zero-order chi connectivity index (χ0) is 14.4. The minimum Gasteiger partial charge on any atom is -0.460 e. The SMILES string of the molecule is Cc1cccc(C2=C3Oc4ccc(C)cc4C3CC=C2)c1. The van der Waals surface area contributed by atoms with Crippen LogP contribution in [0.3, 0.4) is 0 Å². The molecule has 1 heteroatoms. The highest BCUT2D eigenvalue weighted by Gasteiger charge is 2.33. The molecule has 2 aliphatic rings. The smallest absolute Gasteiger partial charge is 0.130 e. The van der Waals surface area contributed by atoms with Crippen LogP contribution in [-0.4, -0.2) is 0 Å². The van der Waals surface area contributed by atoms with Crippen LogP contribution in [0.4, 0.5) is 0 Å². The molecule has 1 unspecified atom stereocenters. The van der Waals surface area contributed by atoms with Gasteiger partial charge in [-0.2, -0.15) is 0 Å². The lowest BCUT2D eigenvalue weighted by molar-refractivity contribution is 0.429. The monoisotopic (exact) mass is 274 g/mol. The second-order valence-electron chi connectivity index (χ2n) is 5.98. The molecular weight excluding hydrogens is 256 g/mol. The fraction of sp³-hybridized carbons (Fsp3) is 0.200. The van der Waals surface area contributed by atoms with Crippen LogP contribution in [0.5, 0.6) is 5.75 Å². The molecule has 4 rings (SSSR count). The highest BCUT2D eigenvalue weighted by Crippen LogP contribution is 2.48. The largest absolute Gasteiger partial charge is 0.460 e. The summed E-state index contributed by atoms with van der Waals surface area (Å²) >= 11 is 0. The molecule has 0 radical (unpaired) electrons. The number of benzene rings is 2. The van der Waals surface area contributed by atoms with E-state index in [-0.39, 0.29) is 0 Å². The molecule has 1 atom stereocenters. The van der Waals surface area contributed by atoms with Gasteiger partial charge in [0.1, 0.15) is 11.5 Å². The maximum Gasteiger partial charge on any atom is 0.130 e. The minimum absolute atomic E-state index is 0.375. The van der Waals surface area contributed by atoms with Gasteiger partial charge in [-0.1, -0.05) is 59.7 Å². The number of ether oxygens (including phenoxy) is 1. The summed E-state index contributed by atoms with van der Waals surface area (Å²) < 4.78 is 6.20. The predicted molar refractivity (Wildman–Crippen MR) is 86.4 cm³/mol. The van der Waals surface area contributed by atoms with E-state index >= 15 is 0 Å². The van der Waals surface area contributed by atoms with Crippen molar-refractivity contribution >= 4 is 5.57 Å². The lowest BCUT2D eigenvalue weighted by atomic mass is 9.86. The second-order valence-corrected chi connectivity index (χ2v) is 5.98. The Kier molecular flexibility index (Phi) is 2.75. The Morgan fingerprint density at radius 3 is 2.71 bits per heavy atom. The summed E-state index contributed by atoms with van der Waals surface area (Å²) in [6.45, 7) is 4.27. The summed E-state index contributed by atoms with van der Waals surface area (Å²) in [4.78, 5) is 0. The molecule has 0 saturated carbocycles. The van der Waals surface area contributed by atoms with Crippen molar-refractivity contribution in [1.82, 2.24) is 0 Å². The van der Waals surface area contributed by atoms with E-state index in [2.05, 4.69) is 68.5 Å². The molecule has 1 heterocycles. The van der Waals surface area contributed by atoms with Crippen molar-refractivity contribution in [3.05, 3.63) is 82.6 Å². The Bertz CT molecular complexity index is 780. The van der Waals surface area contributed by atoms with E-state index < -0.39 is 0 Å². The molecule has 104 valence electrons. The van der Waals surface area contributed by atoms with Crippen LogP contribution in [0.2, 0.25) is 0 Å². The maximum absolute atomic E-state index is 6.20. The Labute approximate surface area is 125 Å². The van der Waals surface area contributed by atoms with E-state index in [9.17, 15) is 0 Å². The second kappa shape index (κ2) is 4.63. The van der Waals surface area contributed by atoms with Crippen molar-refractivity contribution in [1.29, 1.82) is 0 Å². The van der Waals surface area contributed by atoms with Gasteiger partial charge >= 0.3 is 0 Å². The van der Waals surface area contributed by atoms with Gasteiger partial charge < -0.3 is 4.74 Å². The fourth-order valence-electron chi connectivity index (χ4n) is 3.30. The van der Waals surface area contributed by atoms with Gasteiger partial charge in [-0.25, -0.2) is 0 Å². The molecule has 21 heavy (non-hydrogen) atoms. The van der Waals surface area contributed by atoms with Crippen molar-refractivity contribution < 1.29 is 4.74 Å². The number of hydrogen-bond donors (Lipinski definition) is 0. The number of aryl methyl sites for hydroxylation is 2. The van der Waals surface area contributed by atoms with Crippen molar-refractivity contribution in [3.8, 4) is 5.75 Å².